The van der Waals surface area contributed by atoms with Crippen molar-refractivity contribution in [1.29, 1.82) is 0 Å². The predicted octanol–water partition coefficient (Wildman–Crippen LogP) is 4.16. The first-order valence-electron chi connectivity index (χ1n) is 12.3. The lowest BCUT2D eigenvalue weighted by atomic mass is 9.98. The largest absolute Gasteiger partial charge is 0.416 e. The predicted molar refractivity (Wildman–Crippen MR) is 131 cm³/mol. The van der Waals surface area contributed by atoms with E-state index in [0.29, 0.717) is 31.0 Å². The van der Waals surface area contributed by atoms with Crippen molar-refractivity contribution in [2.75, 3.05) is 18.6 Å². The van der Waals surface area contributed by atoms with Gasteiger partial charge in [0.2, 0.25) is 5.91 Å². The normalized spacial score (nSPS) is 23.5. The fourth-order valence-corrected chi connectivity index (χ4v) is 6.00. The Labute approximate surface area is 217 Å². The molecule has 2 saturated carbocycles. The maximum absolute atomic E-state index is 14.8. The molecule has 2 aliphatic carbocycles. The molecular formula is C26H27F4N3O4S. The zero-order chi connectivity index (χ0) is 27.6. The number of hydrogen-bond donors (Lipinski definition) is 2. The molecule has 0 spiro atoms. The van der Waals surface area contributed by atoms with Gasteiger partial charge in [-0.3, -0.25) is 9.59 Å². The Hall–Kier alpha value is -3.15. The summed E-state index contributed by atoms with van der Waals surface area (Å²) in [7, 11) is -1.99. The summed E-state index contributed by atoms with van der Waals surface area (Å²) in [5.74, 6) is -2.04. The Morgan fingerprint density at radius 3 is 2.37 bits per heavy atom. The van der Waals surface area contributed by atoms with Gasteiger partial charge in [0.15, 0.2) is 9.84 Å². The Balaban J connectivity index is 1.41. The second kappa shape index (κ2) is 9.25. The van der Waals surface area contributed by atoms with Crippen LogP contribution in [0, 0.1) is 17.7 Å². The minimum atomic E-state index is -4.69. The van der Waals surface area contributed by atoms with Gasteiger partial charge in [0, 0.05) is 30.6 Å². The van der Waals surface area contributed by atoms with Crippen LogP contribution in [0.1, 0.15) is 53.2 Å². The number of halogens is 4. The molecule has 0 aromatic heterocycles. The van der Waals surface area contributed by atoms with Gasteiger partial charge < -0.3 is 15.5 Å². The van der Waals surface area contributed by atoms with E-state index in [0.717, 1.165) is 24.8 Å². The number of carbonyl (C=O) groups excluding carboxylic acids is 2. The van der Waals surface area contributed by atoms with Crippen LogP contribution in [0.4, 0.5) is 23.2 Å². The lowest BCUT2D eigenvalue weighted by Crippen LogP contribution is -2.49. The topological polar surface area (TPSA) is 95.6 Å². The van der Waals surface area contributed by atoms with Gasteiger partial charge >= 0.3 is 6.18 Å². The number of rotatable bonds is 7. The Morgan fingerprint density at radius 2 is 1.79 bits per heavy atom. The molecule has 1 heterocycles. The first kappa shape index (κ1) is 26.5. The van der Waals surface area contributed by atoms with Crippen molar-refractivity contribution >= 4 is 27.3 Å². The van der Waals surface area contributed by atoms with Gasteiger partial charge in [-0.25, -0.2) is 12.8 Å². The summed E-state index contributed by atoms with van der Waals surface area (Å²) in [4.78, 5) is 28.6. The van der Waals surface area contributed by atoms with Gasteiger partial charge in [0.05, 0.1) is 22.1 Å². The van der Waals surface area contributed by atoms with E-state index in [2.05, 4.69) is 10.6 Å². The van der Waals surface area contributed by atoms with Crippen molar-refractivity contribution in [3.05, 3.63) is 58.9 Å². The summed E-state index contributed by atoms with van der Waals surface area (Å²) < 4.78 is 78.0. The summed E-state index contributed by atoms with van der Waals surface area (Å²) in [6.45, 7) is 0. The van der Waals surface area contributed by atoms with Crippen molar-refractivity contribution < 1.29 is 35.6 Å². The number of carbonyl (C=O) groups is 2. The number of hydrogen-bond acceptors (Lipinski definition) is 5. The highest BCUT2D eigenvalue weighted by Gasteiger charge is 2.56. The molecule has 2 aromatic carbocycles. The molecule has 12 heteroatoms. The average Bonchev–Trinajstić information content (AvgIpc) is 3.78. The van der Waals surface area contributed by atoms with Crippen LogP contribution < -0.4 is 10.6 Å². The second-order valence-corrected chi connectivity index (χ2v) is 12.3. The molecule has 2 amide bonds. The maximum Gasteiger partial charge on any atom is 0.416 e. The summed E-state index contributed by atoms with van der Waals surface area (Å²) >= 11 is 0. The van der Waals surface area contributed by atoms with Crippen molar-refractivity contribution in [2.45, 2.75) is 54.9 Å². The smallest absolute Gasteiger partial charge is 0.387 e. The first-order valence-corrected chi connectivity index (χ1v) is 14.2. The molecule has 204 valence electrons. The number of piperidine rings is 1. The van der Waals surface area contributed by atoms with Crippen molar-refractivity contribution in [2.24, 2.45) is 11.8 Å². The number of alkyl halides is 3. The molecule has 1 unspecified atom stereocenters. The number of amides is 2. The van der Waals surface area contributed by atoms with E-state index in [1.165, 1.54) is 23.1 Å². The highest BCUT2D eigenvalue weighted by atomic mass is 32.2. The quantitative estimate of drug-likeness (QED) is 0.502. The zero-order valence-electron chi connectivity index (χ0n) is 20.7. The first-order chi connectivity index (χ1) is 17.8. The van der Waals surface area contributed by atoms with Gasteiger partial charge in [-0.05, 0) is 67.9 Å². The third kappa shape index (κ3) is 4.97. The molecule has 2 N–H and O–H groups in total. The summed E-state index contributed by atoms with van der Waals surface area (Å²) in [5, 5.41) is 5.70. The van der Waals surface area contributed by atoms with Crippen LogP contribution in [-0.4, -0.2) is 50.5 Å². The molecule has 4 atom stereocenters. The summed E-state index contributed by atoms with van der Waals surface area (Å²) in [6, 6.07) is 4.62. The summed E-state index contributed by atoms with van der Waals surface area (Å²) in [6.07, 6.45) is -1.16. The molecule has 3 aliphatic rings. The summed E-state index contributed by atoms with van der Waals surface area (Å²) in [5.41, 5.74) is -0.598. The van der Waals surface area contributed by atoms with Gasteiger partial charge in [-0.15, -0.1) is 0 Å². The third-order valence-electron chi connectivity index (χ3n) is 7.61. The van der Waals surface area contributed by atoms with Crippen LogP contribution in [0.15, 0.2) is 41.3 Å². The van der Waals surface area contributed by atoms with E-state index in [-0.39, 0.29) is 33.9 Å². The minimum Gasteiger partial charge on any atom is -0.387 e. The number of nitrogens with one attached hydrogen (secondary N) is 2. The highest BCUT2D eigenvalue weighted by molar-refractivity contribution is 7.90. The number of likely N-dealkylation sites (tertiary alicyclic amines) is 1. The zero-order valence-corrected chi connectivity index (χ0v) is 21.5. The number of benzene rings is 2. The van der Waals surface area contributed by atoms with E-state index in [1.54, 1.807) is 7.05 Å². The van der Waals surface area contributed by atoms with E-state index < -0.39 is 51.3 Å². The standard InChI is InChI=1S/C26H27F4N3O4S/c1-31-20-8-6-16(38(2,36)37)12-18(20)25(35)33-21-9-14(21)10-22(33)24(34)32-23(13-3-4-13)17-7-5-15(11-19(17)27)26(28,29)30/h5-8,11-14,21-23,31H,3-4,9-10H2,1-2H3,(H,32,34)/t14-,21-,22-,23?/m1/s1. The monoisotopic (exact) mass is 553 g/mol. The van der Waals surface area contributed by atoms with Gasteiger partial charge in [-0.2, -0.15) is 13.2 Å². The van der Waals surface area contributed by atoms with Crippen LogP contribution in [0.2, 0.25) is 0 Å². The van der Waals surface area contributed by atoms with Crippen LogP contribution in [0.5, 0.6) is 0 Å². The fraction of sp³-hybridized carbons (Fsp3) is 0.462. The van der Waals surface area contributed by atoms with Crippen LogP contribution >= 0.6 is 0 Å². The highest BCUT2D eigenvalue weighted by Crippen LogP contribution is 2.49. The van der Waals surface area contributed by atoms with Gasteiger partial charge in [0.1, 0.15) is 11.9 Å². The fourth-order valence-electron chi connectivity index (χ4n) is 5.35. The molecule has 0 bridgehead atoms. The lowest BCUT2D eigenvalue weighted by Gasteiger charge is -2.30. The number of fused-ring (bicyclic) bond motifs is 1. The molecule has 1 aliphatic heterocycles. The average molecular weight is 554 g/mol. The van der Waals surface area contributed by atoms with Crippen molar-refractivity contribution in [1.82, 2.24) is 10.2 Å². The molecule has 2 aromatic rings. The van der Waals surface area contributed by atoms with Crippen molar-refractivity contribution in [3.8, 4) is 0 Å². The van der Waals surface area contributed by atoms with E-state index in [9.17, 15) is 35.6 Å². The SMILES string of the molecule is CNc1ccc(S(C)(=O)=O)cc1C(=O)N1[C@@H](C(=O)NC(c2ccc(C(F)(F)F)cc2F)C2CC2)C[C@H]2C[C@H]21. The Bertz CT molecular complexity index is 1410. The number of sulfone groups is 1. The van der Waals surface area contributed by atoms with Crippen LogP contribution in [0.3, 0.4) is 0 Å². The molecule has 5 rings (SSSR count). The molecule has 3 fully saturated rings. The minimum absolute atomic E-state index is 0.0202. The van der Waals surface area contributed by atoms with Crippen LogP contribution in [0.25, 0.3) is 0 Å². The molecule has 7 nitrogen and oxygen atoms in total. The molecule has 1 saturated heterocycles. The number of nitrogens with zero attached hydrogens (tertiary/aromatic N) is 1. The van der Waals surface area contributed by atoms with E-state index >= 15 is 0 Å². The Morgan fingerprint density at radius 1 is 1.08 bits per heavy atom. The number of anilines is 1. The van der Waals surface area contributed by atoms with Gasteiger partial charge in [-0.1, -0.05) is 6.07 Å². The second-order valence-electron chi connectivity index (χ2n) is 10.3. The van der Waals surface area contributed by atoms with E-state index in [4.69, 9.17) is 0 Å². The molecule has 0 radical (unpaired) electrons. The van der Waals surface area contributed by atoms with Crippen molar-refractivity contribution in [3.63, 3.8) is 0 Å². The van der Waals surface area contributed by atoms with E-state index in [1.807, 2.05) is 0 Å². The van der Waals surface area contributed by atoms with Crippen LogP contribution in [-0.2, 0) is 20.8 Å². The third-order valence-corrected chi connectivity index (χ3v) is 8.72. The molecular weight excluding hydrogens is 526 g/mol. The molecule has 38 heavy (non-hydrogen) atoms. The Kier molecular flexibility index (Phi) is 6.44. The van der Waals surface area contributed by atoms with Gasteiger partial charge in [0.25, 0.3) is 5.91 Å². The lowest BCUT2D eigenvalue weighted by molar-refractivity contribution is -0.137. The maximum atomic E-state index is 14.8.